The quantitative estimate of drug-likeness (QED) is 0.221. The van der Waals surface area contributed by atoms with Crippen LogP contribution in [-0.2, 0) is 10.1 Å². The molecular weight excluding hydrogens is 460 g/mol. The fourth-order valence-corrected chi connectivity index (χ4v) is 13.9. The van der Waals surface area contributed by atoms with Gasteiger partial charge in [-0.15, -0.1) is 0 Å². The van der Waals surface area contributed by atoms with E-state index in [1.165, 1.54) is 44.5 Å². The van der Waals surface area contributed by atoms with E-state index in [1.54, 1.807) is 0 Å². The number of hydrogen-bond acceptors (Lipinski definition) is 0. The van der Waals surface area contributed by atoms with Crippen LogP contribution in [0.4, 0.5) is 0 Å². The zero-order chi connectivity index (χ0) is 25.1. The lowest BCUT2D eigenvalue weighted by Crippen LogP contribution is -2.56. The van der Waals surface area contributed by atoms with Crippen molar-refractivity contribution in [3.63, 3.8) is 0 Å². The summed E-state index contributed by atoms with van der Waals surface area (Å²) in [6.07, 6.45) is 0. The molecule has 0 N–H and O–H groups in total. The molecular formula is C36H30Si. The van der Waals surface area contributed by atoms with Gasteiger partial charge in [0.15, 0.2) is 0 Å². The smallest absolute Gasteiger partial charge is 0.0667 e. The van der Waals surface area contributed by atoms with Crippen molar-refractivity contribution in [2.45, 2.75) is 23.2 Å². The monoisotopic (exact) mass is 490 g/mol. The van der Waals surface area contributed by atoms with Gasteiger partial charge in [0.1, 0.15) is 0 Å². The molecule has 1 heteroatoms. The van der Waals surface area contributed by atoms with Crippen LogP contribution >= 0.6 is 0 Å². The number of allylic oxidation sites excluding steroid dienone is 2. The van der Waals surface area contributed by atoms with Crippen LogP contribution in [0.1, 0.15) is 33.4 Å². The van der Waals surface area contributed by atoms with E-state index in [1.807, 2.05) is 0 Å². The maximum Gasteiger partial charge on any atom is 0.0917 e. The molecule has 5 aromatic rings. The molecule has 0 fully saturated rings. The fraction of sp³-hybridized carbons (Fsp3) is 0.111. The van der Waals surface area contributed by atoms with Crippen molar-refractivity contribution < 1.29 is 0 Å². The predicted molar refractivity (Wildman–Crippen MR) is 158 cm³/mol. The van der Waals surface area contributed by atoms with Gasteiger partial charge in [-0.05, 0) is 44.5 Å². The molecule has 0 radical (unpaired) electrons. The van der Waals surface area contributed by atoms with Gasteiger partial charge in [0, 0.05) is 10.1 Å². The van der Waals surface area contributed by atoms with Crippen molar-refractivity contribution in [1.82, 2.24) is 0 Å². The van der Waals surface area contributed by atoms with Crippen molar-refractivity contribution in [3.05, 3.63) is 179 Å². The molecule has 0 aliphatic carbocycles. The molecule has 37 heavy (non-hydrogen) atoms. The maximum atomic E-state index is 2.64. The highest BCUT2D eigenvalue weighted by molar-refractivity contribution is 6.91. The zero-order valence-corrected chi connectivity index (χ0v) is 22.4. The number of fused-ring (bicyclic) bond motifs is 5. The van der Waals surface area contributed by atoms with E-state index in [-0.39, 0.29) is 10.1 Å². The molecule has 2 aliphatic rings. The SMILES string of the molecule is C[Si]1(C)[C@]2(c3ccccc3)C(c3ccccc3)=C(c3ccccc3)[C@@]1(c1ccccc1)c1ccccc12. The molecule has 0 unspecified atom stereocenters. The second kappa shape index (κ2) is 8.03. The highest BCUT2D eigenvalue weighted by atomic mass is 28.3. The molecule has 0 nitrogen and oxygen atoms in total. The first kappa shape index (κ1) is 22.3. The third-order valence-corrected chi connectivity index (χ3v) is 14.5. The summed E-state index contributed by atoms with van der Waals surface area (Å²) >= 11 is 0. The largest absolute Gasteiger partial charge is 0.0917 e. The van der Waals surface area contributed by atoms with Crippen LogP contribution < -0.4 is 0 Å². The van der Waals surface area contributed by atoms with Gasteiger partial charge in [0.25, 0.3) is 0 Å². The molecule has 2 aliphatic heterocycles. The highest BCUT2D eigenvalue weighted by Crippen LogP contribution is 2.75. The molecule has 2 bridgehead atoms. The summed E-state index contributed by atoms with van der Waals surface area (Å²) in [4.78, 5) is 0. The van der Waals surface area contributed by atoms with Gasteiger partial charge in [-0.2, -0.15) is 0 Å². The molecule has 0 amide bonds. The molecule has 2 heterocycles. The van der Waals surface area contributed by atoms with Crippen molar-refractivity contribution in [2.24, 2.45) is 0 Å². The summed E-state index contributed by atoms with van der Waals surface area (Å²) in [5.74, 6) is 0. The van der Waals surface area contributed by atoms with Gasteiger partial charge in [0.05, 0.1) is 8.07 Å². The first-order valence-electron chi connectivity index (χ1n) is 13.2. The molecule has 178 valence electrons. The van der Waals surface area contributed by atoms with E-state index in [0.717, 1.165) is 0 Å². The van der Waals surface area contributed by atoms with Gasteiger partial charge >= 0.3 is 0 Å². The van der Waals surface area contributed by atoms with E-state index in [2.05, 4.69) is 159 Å². The summed E-state index contributed by atoms with van der Waals surface area (Å²) in [7, 11) is -2.29. The Morgan fingerprint density at radius 3 is 1.03 bits per heavy atom. The minimum atomic E-state index is -2.29. The van der Waals surface area contributed by atoms with Crippen LogP contribution in [0.3, 0.4) is 0 Å². The summed E-state index contributed by atoms with van der Waals surface area (Å²) in [5.41, 5.74) is 11.5. The third-order valence-electron chi connectivity index (χ3n) is 9.15. The Morgan fingerprint density at radius 1 is 0.378 bits per heavy atom. The lowest BCUT2D eigenvalue weighted by atomic mass is 9.65. The molecule has 0 saturated carbocycles. The second-order valence-electron chi connectivity index (χ2n) is 10.9. The standard InChI is InChI=1S/C36H30Si/c1-37(2)35(29-21-11-5-12-22-29)31-25-15-16-26-32(31)36(37,30-23-13-6-14-24-30)34(28-19-9-4-10-20-28)33(35)27-17-7-3-8-18-27/h3-26H,1-2H3/t35-,36+. The molecule has 0 spiro atoms. The Bertz CT molecular complexity index is 1500. The number of benzene rings is 5. The topological polar surface area (TPSA) is 0 Å². The van der Waals surface area contributed by atoms with Gasteiger partial charge in [-0.3, -0.25) is 0 Å². The highest BCUT2D eigenvalue weighted by Gasteiger charge is 2.75. The second-order valence-corrected chi connectivity index (χ2v) is 15.6. The van der Waals surface area contributed by atoms with Gasteiger partial charge in [0.2, 0.25) is 0 Å². The average molecular weight is 491 g/mol. The van der Waals surface area contributed by atoms with E-state index < -0.39 is 8.07 Å². The van der Waals surface area contributed by atoms with Crippen molar-refractivity contribution >= 4 is 19.2 Å². The van der Waals surface area contributed by atoms with E-state index in [0.29, 0.717) is 0 Å². The lowest BCUT2D eigenvalue weighted by Gasteiger charge is -2.44. The van der Waals surface area contributed by atoms with Crippen LogP contribution in [0.25, 0.3) is 11.1 Å². The van der Waals surface area contributed by atoms with Gasteiger partial charge in [-0.25, -0.2) is 0 Å². The van der Waals surface area contributed by atoms with E-state index in [4.69, 9.17) is 0 Å². The first-order chi connectivity index (χ1) is 18.1. The van der Waals surface area contributed by atoms with Crippen LogP contribution in [0.2, 0.25) is 13.1 Å². The Balaban J connectivity index is 1.78. The van der Waals surface area contributed by atoms with Crippen LogP contribution in [0, 0.1) is 0 Å². The zero-order valence-electron chi connectivity index (χ0n) is 21.4. The molecule has 0 saturated heterocycles. The van der Waals surface area contributed by atoms with Crippen LogP contribution in [-0.4, -0.2) is 8.07 Å². The number of hydrogen-bond donors (Lipinski definition) is 0. The Morgan fingerprint density at radius 2 is 0.676 bits per heavy atom. The molecule has 2 atom stereocenters. The van der Waals surface area contributed by atoms with Crippen molar-refractivity contribution in [1.29, 1.82) is 0 Å². The summed E-state index contributed by atoms with van der Waals surface area (Å²) in [5, 5.41) is -0.375. The average Bonchev–Trinajstić information content (AvgIpc) is 3.28. The fourth-order valence-electron chi connectivity index (χ4n) is 7.99. The third kappa shape index (κ3) is 2.62. The lowest BCUT2D eigenvalue weighted by molar-refractivity contribution is 0.915. The minimum absolute atomic E-state index is 0.187. The number of rotatable bonds is 4. The summed E-state index contributed by atoms with van der Waals surface area (Å²) in [6, 6.07) is 54.4. The molecule has 7 rings (SSSR count). The van der Waals surface area contributed by atoms with Gasteiger partial charge < -0.3 is 0 Å². The Labute approximate surface area is 221 Å². The van der Waals surface area contributed by atoms with E-state index in [9.17, 15) is 0 Å². The summed E-state index contributed by atoms with van der Waals surface area (Å²) < 4.78 is 0. The van der Waals surface area contributed by atoms with Crippen molar-refractivity contribution in [3.8, 4) is 0 Å². The van der Waals surface area contributed by atoms with Gasteiger partial charge in [-0.1, -0.05) is 159 Å². The van der Waals surface area contributed by atoms with E-state index >= 15 is 0 Å². The van der Waals surface area contributed by atoms with Crippen LogP contribution in [0.5, 0.6) is 0 Å². The summed E-state index contributed by atoms with van der Waals surface area (Å²) in [6.45, 7) is 5.29. The Hall–Kier alpha value is -3.94. The van der Waals surface area contributed by atoms with Crippen molar-refractivity contribution in [2.75, 3.05) is 0 Å². The Kier molecular flexibility index (Phi) is 4.83. The normalized spacial score (nSPS) is 23.2. The minimum Gasteiger partial charge on any atom is -0.0667 e. The predicted octanol–water partition coefficient (Wildman–Crippen LogP) is 8.68. The molecule has 5 aromatic carbocycles. The first-order valence-corrected chi connectivity index (χ1v) is 16.2. The van der Waals surface area contributed by atoms with Crippen LogP contribution in [0.15, 0.2) is 146 Å². The molecule has 0 aromatic heterocycles. The maximum absolute atomic E-state index is 2.64.